The zero-order valence-electron chi connectivity index (χ0n) is 14.5. The molecule has 1 spiro atoms. The fourth-order valence-electron chi connectivity index (χ4n) is 4.26. The molecule has 0 bridgehead atoms. The number of nitrogens with zero attached hydrogens (tertiary/aromatic N) is 2. The highest BCUT2D eigenvalue weighted by Crippen LogP contribution is 2.56. The number of para-hydroxylation sites is 1. The van der Waals surface area contributed by atoms with Gasteiger partial charge in [-0.15, -0.1) is 11.3 Å². The van der Waals surface area contributed by atoms with Crippen LogP contribution in [0.2, 0.25) is 0 Å². The summed E-state index contributed by atoms with van der Waals surface area (Å²) in [5.74, 6) is 0.413. The van der Waals surface area contributed by atoms with Gasteiger partial charge in [-0.1, -0.05) is 18.2 Å². The highest BCUT2D eigenvalue weighted by atomic mass is 32.1. The predicted octanol–water partition coefficient (Wildman–Crippen LogP) is 3.67. The Labute approximate surface area is 156 Å². The molecular formula is C20H21N3O2S. The zero-order valence-corrected chi connectivity index (χ0v) is 15.3. The van der Waals surface area contributed by atoms with E-state index in [2.05, 4.69) is 10.3 Å². The lowest BCUT2D eigenvalue weighted by atomic mass is 9.93. The standard InChI is InChI=1S/C20H21N3O2S/c24-19(16-11-14-3-1-2-4-15(14)25-16)23(13-18-22-9-10-26-18)17-12-20(17)5-7-21-8-6-20/h1-4,9-11,17,21H,5-8,12-13H2. The van der Waals surface area contributed by atoms with Gasteiger partial charge in [0.05, 0.1) is 6.54 Å². The van der Waals surface area contributed by atoms with Crippen molar-refractivity contribution in [3.8, 4) is 0 Å². The molecule has 5 rings (SSSR count). The van der Waals surface area contributed by atoms with Crippen LogP contribution in [-0.2, 0) is 6.54 Å². The SMILES string of the molecule is O=C(c1cc2ccccc2o1)N(Cc1nccs1)C1CC12CCNCC2. The van der Waals surface area contributed by atoms with E-state index in [9.17, 15) is 4.79 Å². The number of carbonyl (C=O) groups is 1. The zero-order chi connectivity index (χ0) is 17.6. The number of fused-ring (bicyclic) bond motifs is 1. The van der Waals surface area contributed by atoms with Crippen molar-refractivity contribution in [2.45, 2.75) is 31.8 Å². The van der Waals surface area contributed by atoms with Gasteiger partial charge in [0.1, 0.15) is 10.6 Å². The van der Waals surface area contributed by atoms with Crippen LogP contribution in [0.15, 0.2) is 46.3 Å². The molecule has 3 aromatic rings. The van der Waals surface area contributed by atoms with Gasteiger partial charge in [-0.05, 0) is 49.9 Å². The lowest BCUT2D eigenvalue weighted by molar-refractivity contribution is 0.0662. The minimum atomic E-state index is -0.0168. The molecule has 2 aliphatic rings. The van der Waals surface area contributed by atoms with Gasteiger partial charge in [0.15, 0.2) is 5.76 Å². The van der Waals surface area contributed by atoms with Crippen molar-refractivity contribution < 1.29 is 9.21 Å². The number of aromatic nitrogens is 1. The molecule has 1 saturated heterocycles. The van der Waals surface area contributed by atoms with Crippen molar-refractivity contribution in [3.05, 3.63) is 52.7 Å². The van der Waals surface area contributed by atoms with Crippen LogP contribution in [0.1, 0.15) is 34.8 Å². The van der Waals surface area contributed by atoms with Crippen molar-refractivity contribution in [2.24, 2.45) is 5.41 Å². The first-order chi connectivity index (χ1) is 12.8. The topological polar surface area (TPSA) is 58.4 Å². The molecule has 3 heterocycles. The molecule has 134 valence electrons. The first-order valence-corrected chi connectivity index (χ1v) is 10.0. The van der Waals surface area contributed by atoms with E-state index in [0.717, 1.165) is 48.3 Å². The summed E-state index contributed by atoms with van der Waals surface area (Å²) < 4.78 is 5.86. The minimum absolute atomic E-state index is 0.0168. The molecular weight excluding hydrogens is 346 g/mol. The van der Waals surface area contributed by atoms with Crippen molar-refractivity contribution in [1.82, 2.24) is 15.2 Å². The Morgan fingerprint density at radius 3 is 2.96 bits per heavy atom. The van der Waals surface area contributed by atoms with Crippen LogP contribution in [0.3, 0.4) is 0 Å². The van der Waals surface area contributed by atoms with E-state index in [1.807, 2.05) is 40.6 Å². The summed E-state index contributed by atoms with van der Waals surface area (Å²) in [6.07, 6.45) is 5.17. The predicted molar refractivity (Wildman–Crippen MR) is 101 cm³/mol. The van der Waals surface area contributed by atoms with Crippen LogP contribution in [0.25, 0.3) is 11.0 Å². The number of hydrogen-bond donors (Lipinski definition) is 1. The molecule has 2 aromatic heterocycles. The quantitative estimate of drug-likeness (QED) is 0.764. The largest absolute Gasteiger partial charge is 0.451 e. The minimum Gasteiger partial charge on any atom is -0.451 e. The maximum atomic E-state index is 13.3. The average Bonchev–Trinajstić information content (AvgIpc) is 3.08. The van der Waals surface area contributed by atoms with E-state index in [1.54, 1.807) is 17.5 Å². The van der Waals surface area contributed by atoms with Crippen molar-refractivity contribution in [1.29, 1.82) is 0 Å². The van der Waals surface area contributed by atoms with Gasteiger partial charge in [-0.3, -0.25) is 4.79 Å². The molecule has 1 N–H and O–H groups in total. The first-order valence-electron chi connectivity index (χ1n) is 9.14. The molecule has 26 heavy (non-hydrogen) atoms. The normalized spacial score (nSPS) is 21.2. The summed E-state index contributed by atoms with van der Waals surface area (Å²) in [7, 11) is 0. The fraction of sp³-hybridized carbons (Fsp3) is 0.400. The lowest BCUT2D eigenvalue weighted by Gasteiger charge is -2.28. The number of hydrogen-bond acceptors (Lipinski definition) is 5. The Hall–Kier alpha value is -2.18. The smallest absolute Gasteiger partial charge is 0.290 e. The fourth-order valence-corrected chi connectivity index (χ4v) is 4.87. The van der Waals surface area contributed by atoms with E-state index < -0.39 is 0 Å². The maximum Gasteiger partial charge on any atom is 0.290 e. The Balaban J connectivity index is 1.46. The summed E-state index contributed by atoms with van der Waals surface area (Å²) in [5.41, 5.74) is 1.04. The molecule has 1 aliphatic heterocycles. The molecule has 2 fully saturated rings. The molecule has 1 unspecified atom stereocenters. The molecule has 1 aromatic carbocycles. The third kappa shape index (κ3) is 2.73. The number of furan rings is 1. The third-order valence-corrected chi connectivity index (χ3v) is 6.57. The van der Waals surface area contributed by atoms with Crippen LogP contribution in [-0.4, -0.2) is 34.9 Å². The third-order valence-electron chi connectivity index (χ3n) is 5.81. The van der Waals surface area contributed by atoms with Gasteiger partial charge >= 0.3 is 0 Å². The summed E-state index contributed by atoms with van der Waals surface area (Å²) in [5, 5.41) is 7.34. The van der Waals surface area contributed by atoms with E-state index in [-0.39, 0.29) is 17.4 Å². The summed E-state index contributed by atoms with van der Waals surface area (Å²) in [6, 6.07) is 9.93. The number of nitrogens with one attached hydrogen (secondary N) is 1. The van der Waals surface area contributed by atoms with Crippen LogP contribution in [0.5, 0.6) is 0 Å². The number of carbonyl (C=O) groups excluding carboxylic acids is 1. The maximum absolute atomic E-state index is 13.3. The van der Waals surface area contributed by atoms with Crippen LogP contribution in [0, 0.1) is 5.41 Å². The molecule has 1 amide bonds. The van der Waals surface area contributed by atoms with Gasteiger partial charge in [-0.2, -0.15) is 0 Å². The van der Waals surface area contributed by atoms with E-state index in [4.69, 9.17) is 4.42 Å². The summed E-state index contributed by atoms with van der Waals surface area (Å²) >= 11 is 1.60. The highest BCUT2D eigenvalue weighted by molar-refractivity contribution is 7.09. The molecule has 5 nitrogen and oxygen atoms in total. The number of amides is 1. The Bertz CT molecular complexity index is 895. The lowest BCUT2D eigenvalue weighted by Crippen LogP contribution is -2.39. The van der Waals surface area contributed by atoms with Gasteiger partial charge in [0, 0.05) is 23.0 Å². The Kier molecular flexibility index (Phi) is 3.83. The van der Waals surface area contributed by atoms with Gasteiger partial charge in [-0.25, -0.2) is 4.98 Å². The molecule has 0 radical (unpaired) electrons. The molecule has 1 saturated carbocycles. The van der Waals surface area contributed by atoms with Crippen molar-refractivity contribution in [2.75, 3.05) is 13.1 Å². The monoisotopic (exact) mass is 367 g/mol. The molecule has 6 heteroatoms. The number of benzene rings is 1. The average molecular weight is 367 g/mol. The Morgan fingerprint density at radius 1 is 1.35 bits per heavy atom. The van der Waals surface area contributed by atoms with Crippen molar-refractivity contribution in [3.63, 3.8) is 0 Å². The molecule has 1 atom stereocenters. The summed E-state index contributed by atoms with van der Waals surface area (Å²) in [6.45, 7) is 2.65. The van der Waals surface area contributed by atoms with Crippen molar-refractivity contribution >= 4 is 28.2 Å². The second kappa shape index (κ2) is 6.21. The van der Waals surface area contributed by atoms with Crippen LogP contribution in [0.4, 0.5) is 0 Å². The van der Waals surface area contributed by atoms with Gasteiger partial charge in [0.2, 0.25) is 0 Å². The highest BCUT2D eigenvalue weighted by Gasteiger charge is 2.58. The van der Waals surface area contributed by atoms with E-state index in [1.165, 1.54) is 0 Å². The number of rotatable bonds is 4. The van der Waals surface area contributed by atoms with Gasteiger partial charge in [0.25, 0.3) is 5.91 Å². The molecule has 1 aliphatic carbocycles. The van der Waals surface area contributed by atoms with E-state index in [0.29, 0.717) is 12.3 Å². The van der Waals surface area contributed by atoms with Gasteiger partial charge < -0.3 is 14.6 Å². The number of piperidine rings is 1. The van der Waals surface area contributed by atoms with Crippen LogP contribution < -0.4 is 5.32 Å². The second-order valence-corrected chi connectivity index (χ2v) is 8.32. The summed E-state index contributed by atoms with van der Waals surface area (Å²) in [4.78, 5) is 19.7. The Morgan fingerprint density at radius 2 is 2.19 bits per heavy atom. The van der Waals surface area contributed by atoms with Crippen LogP contribution >= 0.6 is 11.3 Å². The van der Waals surface area contributed by atoms with E-state index >= 15 is 0 Å². The second-order valence-electron chi connectivity index (χ2n) is 7.34. The number of thiazole rings is 1. The first kappa shape index (κ1) is 16.0.